The number of thiazole rings is 1. The van der Waals surface area contributed by atoms with E-state index in [2.05, 4.69) is 10.3 Å². The Labute approximate surface area is 132 Å². The van der Waals surface area contributed by atoms with Crippen molar-refractivity contribution in [3.63, 3.8) is 0 Å². The van der Waals surface area contributed by atoms with Crippen molar-refractivity contribution in [1.29, 1.82) is 0 Å². The lowest BCUT2D eigenvalue weighted by atomic mass is 9.86. The van der Waals surface area contributed by atoms with E-state index >= 15 is 0 Å². The minimum atomic E-state index is -1.08. The molecule has 0 spiro atoms. The van der Waals surface area contributed by atoms with Gasteiger partial charge in [0.25, 0.3) is 0 Å². The molecule has 1 aliphatic heterocycles. The van der Waals surface area contributed by atoms with Gasteiger partial charge in [-0.05, 0) is 27.7 Å². The number of aromatic nitrogens is 1. The van der Waals surface area contributed by atoms with Gasteiger partial charge in [0.1, 0.15) is 5.01 Å². The summed E-state index contributed by atoms with van der Waals surface area (Å²) in [6, 6.07) is 0. The van der Waals surface area contributed by atoms with Crippen molar-refractivity contribution in [3.8, 4) is 0 Å². The van der Waals surface area contributed by atoms with Gasteiger partial charge in [-0.1, -0.05) is 0 Å². The fourth-order valence-electron chi connectivity index (χ4n) is 2.45. The van der Waals surface area contributed by atoms with Crippen LogP contribution in [0.25, 0.3) is 0 Å². The SMILES string of the molecule is CC1=C(C(=O)O)C(c2nccs2)C(C(=O)OC(C)C)=C(C)N1. The van der Waals surface area contributed by atoms with Gasteiger partial charge in [0, 0.05) is 23.0 Å². The molecule has 1 atom stereocenters. The lowest BCUT2D eigenvalue weighted by Gasteiger charge is -2.28. The normalized spacial score (nSPS) is 18.5. The molecule has 0 saturated carbocycles. The highest BCUT2D eigenvalue weighted by Crippen LogP contribution is 2.39. The zero-order chi connectivity index (χ0) is 16.4. The second-order valence-corrected chi connectivity index (χ2v) is 6.19. The Morgan fingerprint density at radius 2 is 1.95 bits per heavy atom. The summed E-state index contributed by atoms with van der Waals surface area (Å²) < 4.78 is 5.28. The molecule has 1 aromatic heterocycles. The Hall–Kier alpha value is -2.15. The molecule has 6 nitrogen and oxygen atoms in total. The number of nitrogens with one attached hydrogen (secondary N) is 1. The van der Waals surface area contributed by atoms with Gasteiger partial charge in [-0.2, -0.15) is 0 Å². The summed E-state index contributed by atoms with van der Waals surface area (Å²) in [5.74, 6) is -2.32. The van der Waals surface area contributed by atoms with Gasteiger partial charge >= 0.3 is 11.9 Å². The number of ether oxygens (including phenoxy) is 1. The average Bonchev–Trinajstić information content (AvgIpc) is 2.89. The van der Waals surface area contributed by atoms with Crippen LogP contribution in [0.15, 0.2) is 34.1 Å². The van der Waals surface area contributed by atoms with E-state index in [0.29, 0.717) is 22.0 Å². The van der Waals surface area contributed by atoms with Gasteiger partial charge in [-0.25, -0.2) is 14.6 Å². The molecule has 0 amide bonds. The van der Waals surface area contributed by atoms with Crippen LogP contribution < -0.4 is 5.32 Å². The molecular weight excluding hydrogens is 304 g/mol. The highest BCUT2D eigenvalue weighted by Gasteiger charge is 2.38. The van der Waals surface area contributed by atoms with Crippen LogP contribution in [0.4, 0.5) is 0 Å². The van der Waals surface area contributed by atoms with Gasteiger partial charge in [0.05, 0.1) is 23.2 Å². The lowest BCUT2D eigenvalue weighted by Crippen LogP contribution is -2.32. The molecule has 7 heteroatoms. The first-order chi connectivity index (χ1) is 10.3. The summed E-state index contributed by atoms with van der Waals surface area (Å²) in [4.78, 5) is 28.3. The summed E-state index contributed by atoms with van der Waals surface area (Å²) in [6.45, 7) is 6.92. The molecule has 2 N–H and O–H groups in total. The number of allylic oxidation sites excluding steroid dienone is 2. The predicted octanol–water partition coefficient (Wildman–Crippen LogP) is 2.41. The molecule has 0 aromatic carbocycles. The molecule has 22 heavy (non-hydrogen) atoms. The number of aliphatic carboxylic acids is 1. The second-order valence-electron chi connectivity index (χ2n) is 5.26. The largest absolute Gasteiger partial charge is 0.478 e. The van der Waals surface area contributed by atoms with Crippen molar-refractivity contribution >= 4 is 23.3 Å². The topological polar surface area (TPSA) is 88.5 Å². The molecule has 0 bridgehead atoms. The van der Waals surface area contributed by atoms with Crippen LogP contribution in [0.1, 0.15) is 38.6 Å². The van der Waals surface area contributed by atoms with E-state index in [9.17, 15) is 14.7 Å². The Morgan fingerprint density at radius 3 is 2.45 bits per heavy atom. The van der Waals surface area contributed by atoms with Gasteiger partial charge in [-0.3, -0.25) is 0 Å². The minimum absolute atomic E-state index is 0.122. The first kappa shape index (κ1) is 16.2. The summed E-state index contributed by atoms with van der Waals surface area (Å²) in [5, 5.41) is 14.8. The zero-order valence-corrected chi connectivity index (χ0v) is 13.7. The molecule has 2 rings (SSSR count). The van der Waals surface area contributed by atoms with Crippen molar-refractivity contribution in [2.24, 2.45) is 0 Å². The van der Waals surface area contributed by atoms with Crippen LogP contribution in [0.3, 0.4) is 0 Å². The quantitative estimate of drug-likeness (QED) is 0.828. The number of dihydropyridines is 1. The molecule has 0 radical (unpaired) electrons. The maximum Gasteiger partial charge on any atom is 0.337 e. The second kappa shape index (κ2) is 6.31. The van der Waals surface area contributed by atoms with E-state index in [4.69, 9.17) is 4.74 Å². The molecule has 1 aliphatic rings. The molecule has 2 heterocycles. The number of hydrogen-bond donors (Lipinski definition) is 2. The monoisotopic (exact) mass is 322 g/mol. The first-order valence-electron chi connectivity index (χ1n) is 6.85. The Bertz CT molecular complexity index is 659. The third-order valence-electron chi connectivity index (χ3n) is 3.25. The summed E-state index contributed by atoms with van der Waals surface area (Å²) in [5.41, 5.74) is 1.52. The highest BCUT2D eigenvalue weighted by atomic mass is 32.1. The third kappa shape index (κ3) is 3.04. The maximum absolute atomic E-state index is 12.4. The molecule has 0 aliphatic carbocycles. The van der Waals surface area contributed by atoms with Gasteiger partial charge in [-0.15, -0.1) is 11.3 Å². The molecule has 1 aromatic rings. The fourth-order valence-corrected chi connectivity index (χ4v) is 3.20. The van der Waals surface area contributed by atoms with Crippen molar-refractivity contribution in [2.45, 2.75) is 39.7 Å². The summed E-state index contributed by atoms with van der Waals surface area (Å²) >= 11 is 1.32. The van der Waals surface area contributed by atoms with E-state index in [-0.39, 0.29) is 11.7 Å². The number of nitrogens with zero attached hydrogens (tertiary/aromatic N) is 1. The molecule has 0 fully saturated rings. The van der Waals surface area contributed by atoms with Crippen LogP contribution >= 0.6 is 11.3 Å². The Morgan fingerprint density at radius 1 is 1.32 bits per heavy atom. The third-order valence-corrected chi connectivity index (χ3v) is 4.09. The molecular formula is C15H18N2O4S. The number of hydrogen-bond acceptors (Lipinski definition) is 6. The van der Waals surface area contributed by atoms with E-state index in [1.807, 2.05) is 0 Å². The first-order valence-corrected chi connectivity index (χ1v) is 7.73. The van der Waals surface area contributed by atoms with E-state index in [1.54, 1.807) is 39.3 Å². The van der Waals surface area contributed by atoms with Crippen LogP contribution in [0.5, 0.6) is 0 Å². The fraction of sp³-hybridized carbons (Fsp3) is 0.400. The number of rotatable bonds is 4. The highest BCUT2D eigenvalue weighted by molar-refractivity contribution is 7.09. The van der Waals surface area contributed by atoms with Gasteiger partial charge < -0.3 is 15.2 Å². The van der Waals surface area contributed by atoms with Crippen LogP contribution in [-0.4, -0.2) is 28.1 Å². The van der Waals surface area contributed by atoms with E-state index in [1.165, 1.54) is 11.3 Å². The van der Waals surface area contributed by atoms with E-state index < -0.39 is 17.9 Å². The van der Waals surface area contributed by atoms with Crippen LogP contribution in [0.2, 0.25) is 0 Å². The van der Waals surface area contributed by atoms with Gasteiger partial charge in [0.15, 0.2) is 0 Å². The molecule has 1 unspecified atom stereocenters. The number of carboxylic acids is 1. The number of esters is 1. The number of carbonyl (C=O) groups excluding carboxylic acids is 1. The standard InChI is InChI=1S/C15H18N2O4S/c1-7(2)21-15(20)11-9(4)17-8(3)10(14(18)19)12(11)13-16-5-6-22-13/h5-7,12,17H,1-4H3,(H,18,19). The van der Waals surface area contributed by atoms with Crippen molar-refractivity contribution in [2.75, 3.05) is 0 Å². The maximum atomic E-state index is 12.4. The smallest absolute Gasteiger partial charge is 0.337 e. The van der Waals surface area contributed by atoms with Crippen LogP contribution in [0, 0.1) is 0 Å². The zero-order valence-electron chi connectivity index (χ0n) is 12.8. The summed E-state index contributed by atoms with van der Waals surface area (Å²) in [6.07, 6.45) is 1.31. The predicted molar refractivity (Wildman–Crippen MR) is 82.3 cm³/mol. The molecule has 118 valence electrons. The minimum Gasteiger partial charge on any atom is -0.478 e. The van der Waals surface area contributed by atoms with E-state index in [0.717, 1.165) is 0 Å². The Kier molecular flexibility index (Phi) is 4.65. The van der Waals surface area contributed by atoms with Gasteiger partial charge in [0.2, 0.25) is 0 Å². The Balaban J connectivity index is 2.56. The number of carboxylic acid groups (broad SMARTS) is 1. The average molecular weight is 322 g/mol. The molecule has 0 saturated heterocycles. The van der Waals surface area contributed by atoms with Crippen molar-refractivity contribution in [3.05, 3.63) is 39.1 Å². The lowest BCUT2D eigenvalue weighted by molar-refractivity contribution is -0.143. The number of carbonyl (C=O) groups is 2. The van der Waals surface area contributed by atoms with Crippen LogP contribution in [-0.2, 0) is 14.3 Å². The van der Waals surface area contributed by atoms with Crippen molar-refractivity contribution < 1.29 is 19.4 Å². The summed E-state index contributed by atoms with van der Waals surface area (Å²) in [7, 11) is 0. The van der Waals surface area contributed by atoms with Crippen molar-refractivity contribution in [1.82, 2.24) is 10.3 Å².